The van der Waals surface area contributed by atoms with Crippen molar-refractivity contribution in [2.75, 3.05) is 7.11 Å². The van der Waals surface area contributed by atoms with Crippen LogP contribution in [0.2, 0.25) is 10.0 Å². The van der Waals surface area contributed by atoms with Crippen molar-refractivity contribution >= 4 is 35.1 Å². The van der Waals surface area contributed by atoms with Gasteiger partial charge in [-0.2, -0.15) is 0 Å². The number of benzene rings is 2. The molecule has 0 fully saturated rings. The van der Waals surface area contributed by atoms with Gasteiger partial charge in [0.2, 0.25) is 0 Å². The minimum absolute atomic E-state index is 0.0985. The standard InChI is InChI=1S/C16H12Cl2O2/c1-20-14-7-3-12(4-8-14)16(19)9-5-11-2-6-13(17)10-15(11)18/h2-10H,1H3/b9-5+. The first-order valence-corrected chi connectivity index (χ1v) is 6.67. The Morgan fingerprint density at radius 1 is 1.10 bits per heavy atom. The van der Waals surface area contributed by atoms with Gasteiger partial charge in [-0.3, -0.25) is 4.79 Å². The van der Waals surface area contributed by atoms with E-state index in [1.54, 1.807) is 55.7 Å². The molecule has 2 nitrogen and oxygen atoms in total. The van der Waals surface area contributed by atoms with Gasteiger partial charge in [0, 0.05) is 15.6 Å². The van der Waals surface area contributed by atoms with E-state index in [9.17, 15) is 4.79 Å². The first kappa shape index (κ1) is 14.6. The minimum Gasteiger partial charge on any atom is -0.497 e. The van der Waals surface area contributed by atoms with Crippen LogP contribution in [-0.2, 0) is 0 Å². The predicted molar refractivity (Wildman–Crippen MR) is 82.8 cm³/mol. The summed E-state index contributed by atoms with van der Waals surface area (Å²) in [6.07, 6.45) is 3.15. The van der Waals surface area contributed by atoms with Crippen LogP contribution >= 0.6 is 23.2 Å². The normalized spacial score (nSPS) is 10.8. The molecule has 0 saturated heterocycles. The van der Waals surface area contributed by atoms with Crippen LogP contribution in [0.1, 0.15) is 15.9 Å². The van der Waals surface area contributed by atoms with Crippen molar-refractivity contribution < 1.29 is 9.53 Å². The molecule has 0 atom stereocenters. The summed E-state index contributed by atoms with van der Waals surface area (Å²) in [4.78, 5) is 12.0. The Morgan fingerprint density at radius 3 is 2.40 bits per heavy atom. The highest BCUT2D eigenvalue weighted by molar-refractivity contribution is 6.35. The lowest BCUT2D eigenvalue weighted by Gasteiger charge is -2.01. The van der Waals surface area contributed by atoms with Crippen LogP contribution in [0.4, 0.5) is 0 Å². The van der Waals surface area contributed by atoms with Gasteiger partial charge in [0.05, 0.1) is 7.11 Å². The van der Waals surface area contributed by atoms with Crippen LogP contribution in [-0.4, -0.2) is 12.9 Å². The van der Waals surface area contributed by atoms with Crippen LogP contribution in [0, 0.1) is 0 Å². The Morgan fingerprint density at radius 2 is 1.80 bits per heavy atom. The molecule has 4 heteroatoms. The molecule has 0 bridgehead atoms. The van der Waals surface area contributed by atoms with Crippen molar-refractivity contribution in [3.63, 3.8) is 0 Å². The molecule has 0 saturated carbocycles. The first-order valence-electron chi connectivity index (χ1n) is 5.91. The Kier molecular flexibility index (Phi) is 4.83. The SMILES string of the molecule is COc1ccc(C(=O)/C=C/c2ccc(Cl)cc2Cl)cc1. The number of hydrogen-bond donors (Lipinski definition) is 0. The summed E-state index contributed by atoms with van der Waals surface area (Å²) in [6.45, 7) is 0. The quantitative estimate of drug-likeness (QED) is 0.593. The van der Waals surface area contributed by atoms with Gasteiger partial charge < -0.3 is 4.74 Å². The van der Waals surface area contributed by atoms with Gasteiger partial charge in [-0.25, -0.2) is 0 Å². The molecule has 102 valence electrons. The molecule has 0 aliphatic carbocycles. The average Bonchev–Trinajstić information content (AvgIpc) is 2.46. The third-order valence-corrected chi connectivity index (χ3v) is 3.31. The maximum Gasteiger partial charge on any atom is 0.185 e. The highest BCUT2D eigenvalue weighted by Crippen LogP contribution is 2.22. The molecule has 0 N–H and O–H groups in total. The highest BCUT2D eigenvalue weighted by Gasteiger charge is 2.03. The number of hydrogen-bond acceptors (Lipinski definition) is 2. The molecule has 20 heavy (non-hydrogen) atoms. The van der Waals surface area contributed by atoms with Gasteiger partial charge >= 0.3 is 0 Å². The molecular formula is C16H12Cl2O2. The lowest BCUT2D eigenvalue weighted by molar-refractivity contribution is 0.104. The van der Waals surface area contributed by atoms with Crippen molar-refractivity contribution in [2.45, 2.75) is 0 Å². The summed E-state index contributed by atoms with van der Waals surface area (Å²) >= 11 is 11.9. The topological polar surface area (TPSA) is 26.3 Å². The van der Waals surface area contributed by atoms with E-state index in [1.165, 1.54) is 6.08 Å². The molecule has 0 aliphatic rings. The van der Waals surface area contributed by atoms with E-state index < -0.39 is 0 Å². The molecule has 0 heterocycles. The van der Waals surface area contributed by atoms with Gasteiger partial charge in [0.15, 0.2) is 5.78 Å². The van der Waals surface area contributed by atoms with E-state index in [4.69, 9.17) is 27.9 Å². The maximum atomic E-state index is 12.0. The first-order chi connectivity index (χ1) is 9.60. The number of ketones is 1. The average molecular weight is 307 g/mol. The molecular weight excluding hydrogens is 295 g/mol. The zero-order valence-electron chi connectivity index (χ0n) is 10.8. The second kappa shape index (κ2) is 6.60. The molecule has 0 aromatic heterocycles. The van der Waals surface area contributed by atoms with Crippen LogP contribution in [0.5, 0.6) is 5.75 Å². The van der Waals surface area contributed by atoms with E-state index in [1.807, 2.05) is 0 Å². The second-order valence-corrected chi connectivity index (χ2v) is 4.94. The molecule has 2 aromatic rings. The molecule has 2 aromatic carbocycles. The molecule has 0 radical (unpaired) electrons. The Bertz CT molecular complexity index is 646. The molecule has 2 rings (SSSR count). The summed E-state index contributed by atoms with van der Waals surface area (Å²) in [7, 11) is 1.58. The van der Waals surface area contributed by atoms with E-state index in [2.05, 4.69) is 0 Å². The second-order valence-electron chi connectivity index (χ2n) is 4.09. The van der Waals surface area contributed by atoms with E-state index in [-0.39, 0.29) is 5.78 Å². The molecule has 0 amide bonds. The van der Waals surface area contributed by atoms with Gasteiger partial charge in [0.25, 0.3) is 0 Å². The zero-order chi connectivity index (χ0) is 14.5. The number of halogens is 2. The van der Waals surface area contributed by atoms with Gasteiger partial charge in [-0.05, 0) is 54.1 Å². The van der Waals surface area contributed by atoms with Crippen molar-refractivity contribution in [1.82, 2.24) is 0 Å². The Labute approximate surface area is 127 Å². The van der Waals surface area contributed by atoms with Crippen LogP contribution in [0.25, 0.3) is 6.08 Å². The summed E-state index contributed by atoms with van der Waals surface area (Å²) in [5.41, 5.74) is 1.34. The van der Waals surface area contributed by atoms with E-state index in [0.29, 0.717) is 21.4 Å². The Balaban J connectivity index is 2.15. The number of allylic oxidation sites excluding steroid dienone is 1. The third kappa shape index (κ3) is 3.62. The summed E-state index contributed by atoms with van der Waals surface area (Å²) in [5, 5.41) is 1.07. The summed E-state index contributed by atoms with van der Waals surface area (Å²) < 4.78 is 5.05. The monoisotopic (exact) mass is 306 g/mol. The van der Waals surface area contributed by atoms with Crippen LogP contribution in [0.3, 0.4) is 0 Å². The smallest absolute Gasteiger partial charge is 0.185 e. The number of ether oxygens (including phenoxy) is 1. The fourth-order valence-electron chi connectivity index (χ4n) is 1.65. The minimum atomic E-state index is -0.0985. The van der Waals surface area contributed by atoms with Crippen molar-refractivity contribution in [3.05, 3.63) is 69.7 Å². The number of rotatable bonds is 4. The van der Waals surface area contributed by atoms with Crippen molar-refractivity contribution in [3.8, 4) is 5.75 Å². The predicted octanol–water partition coefficient (Wildman–Crippen LogP) is 4.90. The zero-order valence-corrected chi connectivity index (χ0v) is 12.3. The molecule has 0 spiro atoms. The van der Waals surface area contributed by atoms with Gasteiger partial charge in [0.1, 0.15) is 5.75 Å². The largest absolute Gasteiger partial charge is 0.497 e. The van der Waals surface area contributed by atoms with Crippen molar-refractivity contribution in [2.24, 2.45) is 0 Å². The third-order valence-electron chi connectivity index (χ3n) is 2.75. The van der Waals surface area contributed by atoms with Gasteiger partial charge in [-0.1, -0.05) is 29.3 Å². The lowest BCUT2D eigenvalue weighted by Crippen LogP contribution is -1.94. The van der Waals surface area contributed by atoms with E-state index >= 15 is 0 Å². The van der Waals surface area contributed by atoms with Gasteiger partial charge in [-0.15, -0.1) is 0 Å². The Hall–Kier alpha value is -1.77. The number of carbonyl (C=O) groups excluding carboxylic acids is 1. The molecule has 0 aliphatic heterocycles. The fraction of sp³-hybridized carbons (Fsp3) is 0.0625. The number of carbonyl (C=O) groups is 1. The number of methoxy groups -OCH3 is 1. The fourth-order valence-corrected chi connectivity index (χ4v) is 2.13. The summed E-state index contributed by atoms with van der Waals surface area (Å²) in [5.74, 6) is 0.616. The lowest BCUT2D eigenvalue weighted by atomic mass is 10.1. The van der Waals surface area contributed by atoms with Crippen LogP contribution < -0.4 is 4.74 Å². The van der Waals surface area contributed by atoms with E-state index in [0.717, 1.165) is 5.56 Å². The highest BCUT2D eigenvalue weighted by atomic mass is 35.5. The maximum absolute atomic E-state index is 12.0. The summed E-state index contributed by atoms with van der Waals surface area (Å²) in [6, 6.07) is 12.1. The van der Waals surface area contributed by atoms with Crippen molar-refractivity contribution in [1.29, 1.82) is 0 Å². The molecule has 0 unspecified atom stereocenters. The van der Waals surface area contributed by atoms with Crippen LogP contribution in [0.15, 0.2) is 48.5 Å².